The zero-order chi connectivity index (χ0) is 10.7. The molecule has 5 heteroatoms. The maximum atomic E-state index is 11.4. The summed E-state index contributed by atoms with van der Waals surface area (Å²) in [5.41, 5.74) is 1.02. The number of nitrogens with zero attached hydrogens (tertiary/aromatic N) is 2. The molecule has 0 fully saturated rings. The summed E-state index contributed by atoms with van der Waals surface area (Å²) in [5, 5.41) is 0. The second kappa shape index (κ2) is 3.91. The first kappa shape index (κ1) is 9.39. The number of rotatable bonds is 2. The van der Waals surface area contributed by atoms with Crippen molar-refractivity contribution in [3.63, 3.8) is 0 Å². The summed E-state index contributed by atoms with van der Waals surface area (Å²) in [6.45, 7) is 0. The van der Waals surface area contributed by atoms with Crippen molar-refractivity contribution >= 4 is 0 Å². The van der Waals surface area contributed by atoms with Crippen LogP contribution in [-0.4, -0.2) is 22.1 Å². The SMILES string of the molecule is COc1ccc(-c2cnc[nH]c2=O)cn1. The zero-order valence-electron chi connectivity index (χ0n) is 8.10. The second-order valence-electron chi connectivity index (χ2n) is 2.88. The van der Waals surface area contributed by atoms with Crippen molar-refractivity contribution in [1.29, 1.82) is 0 Å². The van der Waals surface area contributed by atoms with Crippen LogP contribution in [0.2, 0.25) is 0 Å². The highest BCUT2D eigenvalue weighted by atomic mass is 16.5. The van der Waals surface area contributed by atoms with Crippen LogP contribution in [0.15, 0.2) is 35.6 Å². The van der Waals surface area contributed by atoms with Crippen LogP contribution in [-0.2, 0) is 0 Å². The molecule has 76 valence electrons. The van der Waals surface area contributed by atoms with E-state index in [1.165, 1.54) is 12.5 Å². The van der Waals surface area contributed by atoms with Gasteiger partial charge in [0.05, 0.1) is 19.0 Å². The predicted molar refractivity (Wildman–Crippen MR) is 54.6 cm³/mol. The minimum Gasteiger partial charge on any atom is -0.481 e. The maximum absolute atomic E-state index is 11.4. The summed E-state index contributed by atoms with van der Waals surface area (Å²) in [4.78, 5) is 21.8. The lowest BCUT2D eigenvalue weighted by Gasteiger charge is -2.00. The Labute approximate surface area is 85.8 Å². The first-order valence-corrected chi connectivity index (χ1v) is 4.34. The molecule has 0 saturated carbocycles. The Morgan fingerprint density at radius 1 is 1.33 bits per heavy atom. The van der Waals surface area contributed by atoms with Gasteiger partial charge in [0, 0.05) is 24.0 Å². The fraction of sp³-hybridized carbons (Fsp3) is 0.100. The van der Waals surface area contributed by atoms with Gasteiger partial charge in [-0.05, 0) is 6.07 Å². The van der Waals surface area contributed by atoms with Crippen LogP contribution in [0.25, 0.3) is 11.1 Å². The van der Waals surface area contributed by atoms with E-state index in [9.17, 15) is 4.79 Å². The smallest absolute Gasteiger partial charge is 0.258 e. The lowest BCUT2D eigenvalue weighted by molar-refractivity contribution is 0.398. The topological polar surface area (TPSA) is 67.9 Å². The van der Waals surface area contributed by atoms with E-state index >= 15 is 0 Å². The van der Waals surface area contributed by atoms with E-state index in [1.807, 2.05) is 0 Å². The number of pyridine rings is 1. The van der Waals surface area contributed by atoms with E-state index in [0.717, 1.165) is 0 Å². The van der Waals surface area contributed by atoms with Crippen LogP contribution in [0.4, 0.5) is 0 Å². The Balaban J connectivity index is 2.46. The summed E-state index contributed by atoms with van der Waals surface area (Å²) < 4.78 is 4.92. The monoisotopic (exact) mass is 203 g/mol. The second-order valence-corrected chi connectivity index (χ2v) is 2.88. The highest BCUT2D eigenvalue weighted by Crippen LogP contribution is 2.15. The molecule has 15 heavy (non-hydrogen) atoms. The Morgan fingerprint density at radius 3 is 2.80 bits per heavy atom. The fourth-order valence-corrected chi connectivity index (χ4v) is 1.21. The number of aromatic nitrogens is 3. The third kappa shape index (κ3) is 1.85. The molecule has 0 atom stereocenters. The van der Waals surface area contributed by atoms with E-state index in [-0.39, 0.29) is 5.56 Å². The highest BCUT2D eigenvalue weighted by molar-refractivity contribution is 5.60. The van der Waals surface area contributed by atoms with Gasteiger partial charge in [-0.3, -0.25) is 4.79 Å². The molecule has 5 nitrogen and oxygen atoms in total. The van der Waals surface area contributed by atoms with Gasteiger partial charge in [0.15, 0.2) is 0 Å². The largest absolute Gasteiger partial charge is 0.481 e. The molecule has 2 heterocycles. The Morgan fingerprint density at radius 2 is 2.20 bits per heavy atom. The molecule has 0 aliphatic carbocycles. The number of methoxy groups -OCH3 is 1. The van der Waals surface area contributed by atoms with Crippen molar-refractivity contribution in [2.75, 3.05) is 7.11 Å². The zero-order valence-corrected chi connectivity index (χ0v) is 8.10. The van der Waals surface area contributed by atoms with Gasteiger partial charge in [-0.1, -0.05) is 0 Å². The van der Waals surface area contributed by atoms with Crippen molar-refractivity contribution in [3.8, 4) is 17.0 Å². The van der Waals surface area contributed by atoms with Crippen molar-refractivity contribution in [3.05, 3.63) is 41.2 Å². The van der Waals surface area contributed by atoms with Gasteiger partial charge in [-0.2, -0.15) is 0 Å². The van der Waals surface area contributed by atoms with E-state index in [0.29, 0.717) is 17.0 Å². The Kier molecular flexibility index (Phi) is 2.45. The van der Waals surface area contributed by atoms with Crippen LogP contribution in [0.5, 0.6) is 5.88 Å². The molecule has 1 N–H and O–H groups in total. The van der Waals surface area contributed by atoms with Gasteiger partial charge in [0.2, 0.25) is 5.88 Å². The highest BCUT2D eigenvalue weighted by Gasteiger charge is 2.03. The standard InChI is InChI=1S/C10H9N3O2/c1-15-9-3-2-7(4-12-9)8-5-11-6-13-10(8)14/h2-6H,1H3,(H,11,13,14). The Bertz CT molecular complexity index is 505. The van der Waals surface area contributed by atoms with E-state index < -0.39 is 0 Å². The van der Waals surface area contributed by atoms with Crippen LogP contribution in [0.3, 0.4) is 0 Å². The van der Waals surface area contributed by atoms with Gasteiger partial charge in [-0.15, -0.1) is 0 Å². The van der Waals surface area contributed by atoms with Crippen LogP contribution in [0.1, 0.15) is 0 Å². The molecule has 0 aromatic carbocycles. The first-order valence-electron chi connectivity index (χ1n) is 4.34. The van der Waals surface area contributed by atoms with Crippen LogP contribution in [0, 0.1) is 0 Å². The Hall–Kier alpha value is -2.17. The molecule has 2 aromatic rings. The maximum Gasteiger partial charge on any atom is 0.258 e. The molecule has 0 bridgehead atoms. The third-order valence-electron chi connectivity index (χ3n) is 1.97. The van der Waals surface area contributed by atoms with Crippen LogP contribution < -0.4 is 10.3 Å². The molecule has 0 spiro atoms. The predicted octanol–water partition coefficient (Wildman–Crippen LogP) is 0.840. The number of hydrogen-bond donors (Lipinski definition) is 1. The molecule has 2 aromatic heterocycles. The lowest BCUT2D eigenvalue weighted by atomic mass is 10.1. The summed E-state index contributed by atoms with van der Waals surface area (Å²) in [6, 6.07) is 3.46. The number of aromatic amines is 1. The number of H-pyrrole nitrogens is 1. The van der Waals surface area contributed by atoms with Gasteiger partial charge in [-0.25, -0.2) is 9.97 Å². The van der Waals surface area contributed by atoms with E-state index in [4.69, 9.17) is 4.74 Å². The average molecular weight is 203 g/mol. The molecule has 0 amide bonds. The summed E-state index contributed by atoms with van der Waals surface area (Å²) in [5.74, 6) is 0.513. The third-order valence-corrected chi connectivity index (χ3v) is 1.97. The molecule has 0 aliphatic rings. The number of nitrogens with one attached hydrogen (secondary N) is 1. The molecular formula is C10H9N3O2. The molecule has 0 unspecified atom stereocenters. The molecule has 0 radical (unpaired) electrons. The van der Waals surface area contributed by atoms with E-state index in [1.54, 1.807) is 25.4 Å². The quantitative estimate of drug-likeness (QED) is 0.785. The summed E-state index contributed by atoms with van der Waals surface area (Å²) in [6.07, 6.45) is 4.43. The van der Waals surface area contributed by atoms with Gasteiger partial charge in [0.25, 0.3) is 5.56 Å². The van der Waals surface area contributed by atoms with Crippen molar-refractivity contribution in [2.24, 2.45) is 0 Å². The minimum atomic E-state index is -0.183. The minimum absolute atomic E-state index is 0.183. The molecule has 0 aliphatic heterocycles. The fourth-order valence-electron chi connectivity index (χ4n) is 1.21. The van der Waals surface area contributed by atoms with E-state index in [2.05, 4.69) is 15.0 Å². The lowest BCUT2D eigenvalue weighted by Crippen LogP contribution is -2.08. The van der Waals surface area contributed by atoms with Crippen molar-refractivity contribution in [2.45, 2.75) is 0 Å². The molecule has 2 rings (SSSR count). The average Bonchev–Trinajstić information content (AvgIpc) is 2.30. The van der Waals surface area contributed by atoms with Crippen LogP contribution >= 0.6 is 0 Å². The summed E-state index contributed by atoms with van der Waals surface area (Å²) in [7, 11) is 1.54. The van der Waals surface area contributed by atoms with Gasteiger partial charge >= 0.3 is 0 Å². The summed E-state index contributed by atoms with van der Waals surface area (Å²) >= 11 is 0. The number of hydrogen-bond acceptors (Lipinski definition) is 4. The first-order chi connectivity index (χ1) is 7.31. The molecule has 0 saturated heterocycles. The van der Waals surface area contributed by atoms with Crippen molar-refractivity contribution < 1.29 is 4.74 Å². The normalized spacial score (nSPS) is 9.93. The van der Waals surface area contributed by atoms with Gasteiger partial charge < -0.3 is 9.72 Å². The van der Waals surface area contributed by atoms with Crippen molar-refractivity contribution in [1.82, 2.24) is 15.0 Å². The molecular weight excluding hydrogens is 194 g/mol. The van der Waals surface area contributed by atoms with Gasteiger partial charge in [0.1, 0.15) is 0 Å². The number of ether oxygens (including phenoxy) is 1.